The molecule has 166 valence electrons. The third-order valence-corrected chi connectivity index (χ3v) is 7.74. The zero-order valence-electron chi connectivity index (χ0n) is 18.5. The van der Waals surface area contributed by atoms with Crippen LogP contribution in [0, 0.1) is 0 Å². The molecular formula is C28H31NO2S. The Labute approximate surface area is 195 Å². The minimum Gasteiger partial charge on any atom is -0.508 e. The van der Waals surface area contributed by atoms with Crippen molar-refractivity contribution in [3.63, 3.8) is 0 Å². The summed E-state index contributed by atoms with van der Waals surface area (Å²) in [5.74, 6) is 2.63. The number of nitrogens with zero attached hydrogens (tertiary/aromatic N) is 1. The number of hydrogen-bond acceptors (Lipinski definition) is 4. The van der Waals surface area contributed by atoms with Crippen LogP contribution in [-0.4, -0.2) is 42.0 Å². The molecule has 0 amide bonds. The molecule has 32 heavy (non-hydrogen) atoms. The van der Waals surface area contributed by atoms with Crippen LogP contribution in [0.4, 0.5) is 0 Å². The average molecular weight is 446 g/mol. The van der Waals surface area contributed by atoms with Gasteiger partial charge < -0.3 is 14.7 Å². The van der Waals surface area contributed by atoms with Crippen molar-refractivity contribution < 1.29 is 9.84 Å². The van der Waals surface area contributed by atoms with Crippen LogP contribution >= 0.6 is 11.8 Å². The van der Waals surface area contributed by atoms with Gasteiger partial charge in [0.1, 0.15) is 11.5 Å². The second-order valence-corrected chi connectivity index (χ2v) is 10.0. The van der Waals surface area contributed by atoms with Gasteiger partial charge in [-0.3, -0.25) is 0 Å². The first-order valence-corrected chi connectivity index (χ1v) is 12.7. The number of piperidine rings is 1. The van der Waals surface area contributed by atoms with Crippen LogP contribution in [-0.2, 0) is 0 Å². The number of ether oxygens (including phenoxy) is 1. The van der Waals surface area contributed by atoms with Gasteiger partial charge in [-0.25, -0.2) is 0 Å². The molecule has 0 radical (unpaired) electrons. The van der Waals surface area contributed by atoms with Crippen molar-refractivity contribution >= 4 is 11.8 Å². The van der Waals surface area contributed by atoms with Crippen LogP contribution in [0.3, 0.4) is 0 Å². The smallest absolute Gasteiger partial charge is 0.126 e. The van der Waals surface area contributed by atoms with Crippen LogP contribution in [0.5, 0.6) is 11.5 Å². The van der Waals surface area contributed by atoms with E-state index in [1.165, 1.54) is 54.9 Å². The quantitative estimate of drug-likeness (QED) is 0.453. The third kappa shape index (κ3) is 4.82. The lowest BCUT2D eigenvalue weighted by Gasteiger charge is -2.34. The summed E-state index contributed by atoms with van der Waals surface area (Å²) in [6.07, 6.45) is 4.10. The fraction of sp³-hybridized carbons (Fsp3) is 0.357. The molecule has 0 aliphatic carbocycles. The van der Waals surface area contributed by atoms with E-state index in [9.17, 15) is 5.11 Å². The maximum Gasteiger partial charge on any atom is 0.126 e. The fourth-order valence-corrected chi connectivity index (χ4v) is 5.96. The lowest BCUT2D eigenvalue weighted by Crippen LogP contribution is -2.31. The monoisotopic (exact) mass is 445 g/mol. The SMILES string of the molecule is Oc1ccc2c(c1)OC[C@@H](c1ccccc1)[C@H]2c1ccc(SCCN2CCCCC2)cc1. The second kappa shape index (κ2) is 10.0. The molecule has 0 spiro atoms. The number of hydrogen-bond donors (Lipinski definition) is 1. The first-order chi connectivity index (χ1) is 15.8. The number of thioether (sulfide) groups is 1. The summed E-state index contributed by atoms with van der Waals surface area (Å²) in [5, 5.41) is 9.95. The van der Waals surface area contributed by atoms with Crippen molar-refractivity contribution in [2.75, 3.05) is 32.0 Å². The summed E-state index contributed by atoms with van der Waals surface area (Å²) in [7, 11) is 0. The zero-order valence-corrected chi connectivity index (χ0v) is 19.3. The fourth-order valence-electron chi connectivity index (χ4n) is 5.05. The number of phenols is 1. The maximum absolute atomic E-state index is 9.95. The van der Waals surface area contributed by atoms with Crippen molar-refractivity contribution in [1.29, 1.82) is 0 Å². The number of likely N-dealkylation sites (tertiary alicyclic amines) is 1. The average Bonchev–Trinajstić information content (AvgIpc) is 2.85. The van der Waals surface area contributed by atoms with Gasteiger partial charge in [0.05, 0.1) is 6.61 Å². The summed E-state index contributed by atoms with van der Waals surface area (Å²) in [4.78, 5) is 3.93. The van der Waals surface area contributed by atoms with E-state index in [1.54, 1.807) is 12.1 Å². The predicted octanol–water partition coefficient (Wildman–Crippen LogP) is 6.28. The number of rotatable bonds is 6. The van der Waals surface area contributed by atoms with Gasteiger partial charge in [0, 0.05) is 40.7 Å². The molecule has 1 N–H and O–H groups in total. The van der Waals surface area contributed by atoms with Gasteiger partial charge in [-0.1, -0.05) is 55.0 Å². The van der Waals surface area contributed by atoms with E-state index in [-0.39, 0.29) is 17.6 Å². The zero-order chi connectivity index (χ0) is 21.8. The Kier molecular flexibility index (Phi) is 6.70. The first kappa shape index (κ1) is 21.4. The van der Waals surface area contributed by atoms with E-state index in [4.69, 9.17) is 4.74 Å². The Hall–Kier alpha value is -2.43. The summed E-state index contributed by atoms with van der Waals surface area (Å²) in [6.45, 7) is 4.31. The van der Waals surface area contributed by atoms with Crippen LogP contribution < -0.4 is 4.74 Å². The molecular weight excluding hydrogens is 414 g/mol. The minimum atomic E-state index is 0.203. The summed E-state index contributed by atoms with van der Waals surface area (Å²) in [6, 6.07) is 25.3. The highest BCUT2D eigenvalue weighted by atomic mass is 32.2. The topological polar surface area (TPSA) is 32.7 Å². The first-order valence-electron chi connectivity index (χ1n) is 11.7. The Balaban J connectivity index is 1.35. The molecule has 1 fully saturated rings. The van der Waals surface area contributed by atoms with Gasteiger partial charge in [-0.05, 0) is 55.3 Å². The molecule has 2 heterocycles. The van der Waals surface area contributed by atoms with E-state index >= 15 is 0 Å². The lowest BCUT2D eigenvalue weighted by atomic mass is 9.76. The van der Waals surface area contributed by atoms with Crippen LogP contribution in [0.2, 0.25) is 0 Å². The van der Waals surface area contributed by atoms with Crippen molar-refractivity contribution in [3.8, 4) is 11.5 Å². The van der Waals surface area contributed by atoms with Gasteiger partial charge in [0.25, 0.3) is 0 Å². The van der Waals surface area contributed by atoms with Gasteiger partial charge >= 0.3 is 0 Å². The Morgan fingerprint density at radius 3 is 2.44 bits per heavy atom. The summed E-state index contributed by atoms with van der Waals surface area (Å²) >= 11 is 1.95. The van der Waals surface area contributed by atoms with Crippen LogP contribution in [0.15, 0.2) is 77.7 Å². The van der Waals surface area contributed by atoms with Gasteiger partial charge in [0.2, 0.25) is 0 Å². The molecule has 0 unspecified atom stereocenters. The standard InChI is InChI=1S/C28H31NO2S/c30-23-11-14-25-27(19-23)31-20-26(21-7-3-1-4-8-21)28(25)22-9-12-24(13-10-22)32-18-17-29-15-5-2-6-16-29/h1,3-4,7-14,19,26,28,30H,2,5-6,15-18,20H2/t26-,28-/m0/s1. The van der Waals surface area contributed by atoms with E-state index in [2.05, 4.69) is 59.5 Å². The molecule has 2 atom stereocenters. The number of benzene rings is 3. The van der Waals surface area contributed by atoms with E-state index in [0.717, 1.165) is 17.1 Å². The van der Waals surface area contributed by atoms with Crippen molar-refractivity contribution in [2.45, 2.75) is 36.0 Å². The highest BCUT2D eigenvalue weighted by molar-refractivity contribution is 7.99. The van der Waals surface area contributed by atoms with Gasteiger partial charge in [-0.2, -0.15) is 0 Å². The van der Waals surface area contributed by atoms with Crippen molar-refractivity contribution in [2.24, 2.45) is 0 Å². The minimum absolute atomic E-state index is 0.203. The Bertz CT molecular complexity index is 1020. The number of phenolic OH excluding ortho intramolecular Hbond substituents is 1. The second-order valence-electron chi connectivity index (χ2n) is 8.85. The molecule has 1 saturated heterocycles. The Morgan fingerprint density at radius 1 is 0.875 bits per heavy atom. The lowest BCUT2D eigenvalue weighted by molar-refractivity contribution is 0.242. The van der Waals surface area contributed by atoms with E-state index in [1.807, 2.05) is 17.8 Å². The molecule has 0 bridgehead atoms. The normalized spacial score (nSPS) is 21.0. The van der Waals surface area contributed by atoms with Crippen LogP contribution in [0.1, 0.15) is 47.8 Å². The summed E-state index contributed by atoms with van der Waals surface area (Å²) in [5.41, 5.74) is 3.74. The molecule has 3 aromatic carbocycles. The van der Waals surface area contributed by atoms with E-state index in [0.29, 0.717) is 6.61 Å². The Morgan fingerprint density at radius 2 is 1.66 bits per heavy atom. The van der Waals surface area contributed by atoms with Crippen molar-refractivity contribution in [1.82, 2.24) is 4.90 Å². The largest absolute Gasteiger partial charge is 0.508 e. The summed E-state index contributed by atoms with van der Waals surface area (Å²) < 4.78 is 6.09. The molecule has 2 aliphatic rings. The van der Waals surface area contributed by atoms with Crippen molar-refractivity contribution in [3.05, 3.63) is 89.5 Å². The number of fused-ring (bicyclic) bond motifs is 1. The van der Waals surface area contributed by atoms with Crippen LogP contribution in [0.25, 0.3) is 0 Å². The molecule has 2 aliphatic heterocycles. The maximum atomic E-state index is 9.95. The van der Waals surface area contributed by atoms with Gasteiger partial charge in [0.15, 0.2) is 0 Å². The highest BCUT2D eigenvalue weighted by Gasteiger charge is 2.33. The number of aromatic hydroxyl groups is 1. The molecule has 3 aromatic rings. The molecule has 3 nitrogen and oxygen atoms in total. The van der Waals surface area contributed by atoms with E-state index < -0.39 is 0 Å². The predicted molar refractivity (Wildman–Crippen MR) is 132 cm³/mol. The molecule has 4 heteroatoms. The highest BCUT2D eigenvalue weighted by Crippen LogP contribution is 2.47. The van der Waals surface area contributed by atoms with Gasteiger partial charge in [-0.15, -0.1) is 11.8 Å². The third-order valence-electron chi connectivity index (χ3n) is 6.74. The molecule has 0 aromatic heterocycles. The molecule has 0 saturated carbocycles. The molecule has 5 rings (SSSR count).